The molecule has 1 saturated heterocycles. The molecule has 2 aromatic carbocycles. The Kier molecular flexibility index (Phi) is 6.35. The number of hydrogen-bond acceptors (Lipinski definition) is 3. The van der Waals surface area contributed by atoms with Crippen LogP contribution in [0, 0.1) is 0 Å². The van der Waals surface area contributed by atoms with Crippen molar-refractivity contribution in [2.75, 3.05) is 19.7 Å². The van der Waals surface area contributed by atoms with Crippen LogP contribution in [0.15, 0.2) is 48.5 Å². The van der Waals surface area contributed by atoms with E-state index >= 15 is 0 Å². The van der Waals surface area contributed by atoms with Gasteiger partial charge in [-0.3, -0.25) is 9.59 Å². The number of nitrogens with zero attached hydrogens (tertiary/aromatic N) is 1. The van der Waals surface area contributed by atoms with Gasteiger partial charge < -0.3 is 15.0 Å². The summed E-state index contributed by atoms with van der Waals surface area (Å²) in [6.07, 6.45) is 1.48. The van der Waals surface area contributed by atoms with Crippen LogP contribution in [0.5, 0.6) is 5.75 Å². The third kappa shape index (κ3) is 5.01. The van der Waals surface area contributed by atoms with Crippen molar-refractivity contribution in [1.82, 2.24) is 10.2 Å². The van der Waals surface area contributed by atoms with Crippen molar-refractivity contribution in [2.24, 2.45) is 0 Å². The largest absolute Gasteiger partial charge is 0.494 e. The van der Waals surface area contributed by atoms with Crippen molar-refractivity contribution >= 4 is 23.4 Å². The van der Waals surface area contributed by atoms with E-state index in [1.807, 2.05) is 11.8 Å². The van der Waals surface area contributed by atoms with Gasteiger partial charge in [0.1, 0.15) is 5.75 Å². The molecule has 0 atom stereocenters. The van der Waals surface area contributed by atoms with Gasteiger partial charge in [-0.05, 0) is 68.3 Å². The number of rotatable bonds is 5. The predicted octanol–water partition coefficient (Wildman–Crippen LogP) is 3.77. The van der Waals surface area contributed by atoms with Crippen molar-refractivity contribution < 1.29 is 14.3 Å². The van der Waals surface area contributed by atoms with Crippen LogP contribution in [0.3, 0.4) is 0 Å². The van der Waals surface area contributed by atoms with E-state index in [0.29, 0.717) is 35.8 Å². The first-order valence-corrected chi connectivity index (χ1v) is 9.53. The number of ether oxygens (including phenoxy) is 1. The average molecular weight is 387 g/mol. The van der Waals surface area contributed by atoms with Crippen LogP contribution in [-0.2, 0) is 0 Å². The van der Waals surface area contributed by atoms with Gasteiger partial charge in [0, 0.05) is 35.3 Å². The maximum atomic E-state index is 12.5. The molecule has 0 aromatic heterocycles. The molecule has 142 valence electrons. The molecule has 2 amide bonds. The van der Waals surface area contributed by atoms with E-state index in [1.54, 1.807) is 48.5 Å². The van der Waals surface area contributed by atoms with Gasteiger partial charge in [-0.25, -0.2) is 0 Å². The highest BCUT2D eigenvalue weighted by Crippen LogP contribution is 2.17. The minimum atomic E-state index is -0.0967. The van der Waals surface area contributed by atoms with E-state index in [2.05, 4.69) is 5.32 Å². The molecule has 27 heavy (non-hydrogen) atoms. The van der Waals surface area contributed by atoms with Crippen LogP contribution in [0.2, 0.25) is 5.02 Å². The summed E-state index contributed by atoms with van der Waals surface area (Å²) in [6, 6.07) is 14.1. The number of halogens is 1. The fraction of sp³-hybridized carbons (Fsp3) is 0.333. The van der Waals surface area contributed by atoms with E-state index in [9.17, 15) is 9.59 Å². The van der Waals surface area contributed by atoms with Crippen molar-refractivity contribution in [2.45, 2.75) is 25.8 Å². The van der Waals surface area contributed by atoms with Gasteiger partial charge in [-0.1, -0.05) is 11.6 Å². The SMILES string of the molecule is CCOc1ccc(C(=O)NC2CCN(C(=O)c3ccc(Cl)cc3)CC2)cc1. The third-order valence-electron chi connectivity index (χ3n) is 4.64. The summed E-state index contributed by atoms with van der Waals surface area (Å²) in [6.45, 7) is 3.76. The van der Waals surface area contributed by atoms with E-state index in [4.69, 9.17) is 16.3 Å². The summed E-state index contributed by atoms with van der Waals surface area (Å²) in [5, 5.41) is 3.67. The number of benzene rings is 2. The molecule has 0 radical (unpaired) electrons. The summed E-state index contributed by atoms with van der Waals surface area (Å²) in [7, 11) is 0. The van der Waals surface area contributed by atoms with Crippen LogP contribution in [0.4, 0.5) is 0 Å². The quantitative estimate of drug-likeness (QED) is 0.850. The first-order valence-electron chi connectivity index (χ1n) is 9.15. The molecule has 3 rings (SSSR count). The molecule has 1 heterocycles. The van der Waals surface area contributed by atoms with Gasteiger partial charge in [0.25, 0.3) is 11.8 Å². The minimum absolute atomic E-state index is 0.00274. The van der Waals surface area contributed by atoms with Crippen LogP contribution >= 0.6 is 11.6 Å². The zero-order chi connectivity index (χ0) is 19.2. The van der Waals surface area contributed by atoms with E-state index in [1.165, 1.54) is 0 Å². The Morgan fingerprint density at radius 2 is 1.63 bits per heavy atom. The summed E-state index contributed by atoms with van der Waals surface area (Å²) < 4.78 is 5.39. The zero-order valence-electron chi connectivity index (χ0n) is 15.3. The zero-order valence-corrected chi connectivity index (χ0v) is 16.0. The van der Waals surface area contributed by atoms with Gasteiger partial charge in [0.2, 0.25) is 0 Å². The van der Waals surface area contributed by atoms with Crippen LogP contribution in [0.25, 0.3) is 0 Å². The Bertz CT molecular complexity index is 782. The summed E-state index contributed by atoms with van der Waals surface area (Å²) in [4.78, 5) is 26.8. The number of nitrogens with one attached hydrogen (secondary N) is 1. The predicted molar refractivity (Wildman–Crippen MR) is 105 cm³/mol. The second-order valence-corrected chi connectivity index (χ2v) is 6.94. The molecule has 1 aliphatic rings. The van der Waals surface area contributed by atoms with Gasteiger partial charge in [-0.15, -0.1) is 0 Å². The Balaban J connectivity index is 1.50. The molecule has 1 fully saturated rings. The highest BCUT2D eigenvalue weighted by atomic mass is 35.5. The Hall–Kier alpha value is -2.53. The lowest BCUT2D eigenvalue weighted by Gasteiger charge is -2.32. The number of likely N-dealkylation sites (tertiary alicyclic amines) is 1. The number of carbonyl (C=O) groups excluding carboxylic acids is 2. The van der Waals surface area contributed by atoms with Gasteiger partial charge >= 0.3 is 0 Å². The normalized spacial score (nSPS) is 14.7. The van der Waals surface area contributed by atoms with E-state index in [0.717, 1.165) is 18.6 Å². The number of carbonyl (C=O) groups is 2. The molecule has 1 aliphatic heterocycles. The molecule has 0 saturated carbocycles. The lowest BCUT2D eigenvalue weighted by Crippen LogP contribution is -2.46. The molecule has 0 unspecified atom stereocenters. The minimum Gasteiger partial charge on any atom is -0.494 e. The molecular formula is C21H23ClN2O3. The topological polar surface area (TPSA) is 58.6 Å². The fourth-order valence-electron chi connectivity index (χ4n) is 3.14. The van der Waals surface area contributed by atoms with Gasteiger partial charge in [-0.2, -0.15) is 0 Å². The Morgan fingerprint density at radius 1 is 1.04 bits per heavy atom. The van der Waals surface area contributed by atoms with E-state index < -0.39 is 0 Å². The lowest BCUT2D eigenvalue weighted by atomic mass is 10.0. The molecule has 0 aliphatic carbocycles. The molecule has 2 aromatic rings. The maximum absolute atomic E-state index is 12.5. The smallest absolute Gasteiger partial charge is 0.253 e. The molecule has 5 nitrogen and oxygen atoms in total. The van der Waals surface area contributed by atoms with Crippen LogP contribution in [0.1, 0.15) is 40.5 Å². The molecule has 0 bridgehead atoms. The lowest BCUT2D eigenvalue weighted by molar-refractivity contribution is 0.0698. The standard InChI is InChI=1S/C21H23ClN2O3/c1-2-27-19-9-5-15(6-10-19)20(25)23-18-11-13-24(14-12-18)21(26)16-3-7-17(22)8-4-16/h3-10,18H,2,11-14H2,1H3,(H,23,25). The first kappa shape index (κ1) is 19.2. The highest BCUT2D eigenvalue weighted by Gasteiger charge is 2.24. The Labute approximate surface area is 164 Å². The van der Waals surface area contributed by atoms with Crippen molar-refractivity contribution in [3.63, 3.8) is 0 Å². The summed E-state index contributed by atoms with van der Waals surface area (Å²) in [5.74, 6) is 0.659. The molecule has 1 N–H and O–H groups in total. The second kappa shape index (κ2) is 8.91. The van der Waals surface area contributed by atoms with Crippen LogP contribution < -0.4 is 10.1 Å². The third-order valence-corrected chi connectivity index (χ3v) is 4.89. The number of amides is 2. The average Bonchev–Trinajstić information content (AvgIpc) is 2.69. The highest BCUT2D eigenvalue weighted by molar-refractivity contribution is 6.30. The maximum Gasteiger partial charge on any atom is 0.253 e. The second-order valence-electron chi connectivity index (χ2n) is 6.50. The molecular weight excluding hydrogens is 364 g/mol. The van der Waals surface area contributed by atoms with Crippen molar-refractivity contribution in [1.29, 1.82) is 0 Å². The monoisotopic (exact) mass is 386 g/mol. The summed E-state index contributed by atoms with van der Waals surface area (Å²) in [5.41, 5.74) is 1.24. The molecule has 0 spiro atoms. The Morgan fingerprint density at radius 3 is 2.22 bits per heavy atom. The number of hydrogen-bond donors (Lipinski definition) is 1. The summed E-state index contributed by atoms with van der Waals surface area (Å²) >= 11 is 5.87. The molecule has 6 heteroatoms. The number of piperidine rings is 1. The van der Waals surface area contributed by atoms with Crippen molar-refractivity contribution in [3.05, 3.63) is 64.7 Å². The van der Waals surface area contributed by atoms with Crippen molar-refractivity contribution in [3.8, 4) is 5.75 Å². The fourth-order valence-corrected chi connectivity index (χ4v) is 3.27. The van der Waals surface area contributed by atoms with Crippen LogP contribution in [-0.4, -0.2) is 42.5 Å². The van der Waals surface area contributed by atoms with Gasteiger partial charge in [0.05, 0.1) is 6.61 Å². The first-order chi connectivity index (χ1) is 13.1. The van der Waals surface area contributed by atoms with Gasteiger partial charge in [0.15, 0.2) is 0 Å². The van der Waals surface area contributed by atoms with E-state index in [-0.39, 0.29) is 17.9 Å².